The number of pyridine rings is 1. The van der Waals surface area contributed by atoms with E-state index >= 15 is 0 Å². The molecule has 0 aliphatic rings. The molecular formula is C27H42ClN5O2. The Morgan fingerprint density at radius 3 is 2.34 bits per heavy atom. The van der Waals surface area contributed by atoms with Gasteiger partial charge in [0.15, 0.2) is 5.82 Å². The highest BCUT2D eigenvalue weighted by Crippen LogP contribution is 2.34. The zero-order valence-corrected chi connectivity index (χ0v) is 22.6. The van der Waals surface area contributed by atoms with E-state index in [1.165, 1.54) is 50.7 Å². The van der Waals surface area contributed by atoms with Gasteiger partial charge in [-0.3, -0.25) is 9.63 Å². The molecule has 0 spiro atoms. The maximum absolute atomic E-state index is 13.5. The van der Waals surface area contributed by atoms with Crippen LogP contribution in [0.1, 0.15) is 89.9 Å². The highest BCUT2D eigenvalue weighted by Gasteiger charge is 2.29. The fourth-order valence-corrected chi connectivity index (χ4v) is 4.74. The Morgan fingerprint density at radius 2 is 1.69 bits per heavy atom. The molecule has 1 unspecified atom stereocenters. The maximum atomic E-state index is 13.5. The summed E-state index contributed by atoms with van der Waals surface area (Å²) in [7, 11) is 3.21. The lowest BCUT2D eigenvalue weighted by Crippen LogP contribution is -2.34. The highest BCUT2D eigenvalue weighted by atomic mass is 35.5. The molecule has 3 rings (SSSR count). The van der Waals surface area contributed by atoms with Crippen LogP contribution in [0.15, 0.2) is 24.3 Å². The van der Waals surface area contributed by atoms with Gasteiger partial charge in [0.2, 0.25) is 0 Å². The number of fused-ring (bicyclic) bond motifs is 3. The number of nitrogens with zero attached hydrogens (tertiary/aromatic N) is 4. The molecule has 0 saturated carbocycles. The van der Waals surface area contributed by atoms with Crippen molar-refractivity contribution in [3.05, 3.63) is 30.1 Å². The van der Waals surface area contributed by atoms with E-state index in [0.29, 0.717) is 11.3 Å². The van der Waals surface area contributed by atoms with Gasteiger partial charge in [0.25, 0.3) is 5.91 Å². The quantitative estimate of drug-likeness (QED) is 0.197. The molecule has 0 bridgehead atoms. The Balaban J connectivity index is 0.00000432. The number of aromatic nitrogens is 3. The number of anilines is 1. The van der Waals surface area contributed by atoms with Gasteiger partial charge in [0.1, 0.15) is 17.4 Å². The smallest absolute Gasteiger partial charge is 0.268 e. The van der Waals surface area contributed by atoms with Crippen LogP contribution in [-0.4, -0.2) is 39.7 Å². The average molecular weight is 504 g/mol. The van der Waals surface area contributed by atoms with Crippen molar-refractivity contribution in [3.63, 3.8) is 0 Å². The van der Waals surface area contributed by atoms with Crippen LogP contribution in [0.4, 0.5) is 5.82 Å². The van der Waals surface area contributed by atoms with Crippen LogP contribution >= 0.6 is 12.4 Å². The number of hydrogen-bond acceptors (Lipinski definition) is 5. The van der Waals surface area contributed by atoms with Gasteiger partial charge < -0.3 is 10.3 Å². The Hall–Kier alpha value is -2.38. The van der Waals surface area contributed by atoms with Crippen LogP contribution in [0.3, 0.4) is 0 Å². The summed E-state index contributed by atoms with van der Waals surface area (Å²) in [4.78, 5) is 28.3. The second kappa shape index (κ2) is 14.2. The summed E-state index contributed by atoms with van der Waals surface area (Å²) in [6.07, 6.45) is 12.2. The predicted molar refractivity (Wildman–Crippen MR) is 147 cm³/mol. The molecule has 2 heterocycles. The molecule has 2 aromatic heterocycles. The van der Waals surface area contributed by atoms with Crippen LogP contribution in [0.25, 0.3) is 21.9 Å². The summed E-state index contributed by atoms with van der Waals surface area (Å²) in [5.41, 5.74) is 8.73. The van der Waals surface area contributed by atoms with Crippen LogP contribution in [0, 0.1) is 0 Å². The van der Waals surface area contributed by atoms with Crippen LogP contribution < -0.4 is 5.73 Å². The number of nitrogen functional groups attached to an aromatic ring is 1. The minimum atomic E-state index is -0.401. The number of aryl methyl sites for hydroxylation is 1. The van der Waals surface area contributed by atoms with Gasteiger partial charge in [-0.05, 0) is 18.9 Å². The van der Waals surface area contributed by atoms with E-state index in [0.717, 1.165) is 54.3 Å². The molecule has 1 atom stereocenters. The second-order valence-electron chi connectivity index (χ2n) is 9.16. The first-order valence-corrected chi connectivity index (χ1v) is 12.9. The van der Waals surface area contributed by atoms with Crippen molar-refractivity contribution in [2.24, 2.45) is 0 Å². The first-order chi connectivity index (χ1) is 16.5. The van der Waals surface area contributed by atoms with Gasteiger partial charge in [-0.15, -0.1) is 12.4 Å². The third-order valence-electron chi connectivity index (χ3n) is 6.61. The van der Waals surface area contributed by atoms with E-state index in [4.69, 9.17) is 15.6 Å². The van der Waals surface area contributed by atoms with Gasteiger partial charge in [0.05, 0.1) is 18.1 Å². The molecule has 8 heteroatoms. The van der Waals surface area contributed by atoms with Crippen molar-refractivity contribution in [1.29, 1.82) is 0 Å². The third kappa shape index (κ3) is 6.85. The monoisotopic (exact) mass is 503 g/mol. The van der Waals surface area contributed by atoms with Gasteiger partial charge >= 0.3 is 0 Å². The molecular weight excluding hydrogens is 462 g/mol. The molecule has 0 radical (unpaired) electrons. The summed E-state index contributed by atoms with van der Waals surface area (Å²) < 4.78 is 2.12. The molecule has 0 saturated heterocycles. The summed E-state index contributed by atoms with van der Waals surface area (Å²) in [5.74, 6) is 1.22. The number of hydroxylamine groups is 2. The number of amides is 1. The Labute approximate surface area is 215 Å². The number of para-hydroxylation sites is 1. The number of nitrogens with two attached hydrogens (primary N) is 1. The molecule has 0 aliphatic carbocycles. The summed E-state index contributed by atoms with van der Waals surface area (Å²) >= 11 is 0. The first-order valence-electron chi connectivity index (χ1n) is 12.9. The van der Waals surface area contributed by atoms with Gasteiger partial charge in [-0.2, -0.15) is 0 Å². The number of likely N-dealkylation sites (N-methyl/N-ethyl adjacent to an activating group) is 1. The summed E-state index contributed by atoms with van der Waals surface area (Å²) in [5, 5.41) is 2.30. The number of carbonyl (C=O) groups excluding carboxylic acids is 1. The molecule has 0 fully saturated rings. The first kappa shape index (κ1) is 28.9. The largest absolute Gasteiger partial charge is 0.382 e. The highest BCUT2D eigenvalue weighted by molar-refractivity contribution is 6.07. The maximum Gasteiger partial charge on any atom is 0.268 e. The summed E-state index contributed by atoms with van der Waals surface area (Å²) in [6, 6.07) is 7.54. The number of imidazole rings is 1. The summed E-state index contributed by atoms with van der Waals surface area (Å²) in [6.45, 7) is 4.37. The zero-order chi connectivity index (χ0) is 24.5. The number of benzene rings is 1. The van der Waals surface area contributed by atoms with Gasteiger partial charge in [-0.25, -0.2) is 15.0 Å². The Kier molecular flexibility index (Phi) is 11.7. The number of hydrogen-bond donors (Lipinski definition) is 1. The zero-order valence-electron chi connectivity index (χ0n) is 21.8. The molecule has 1 aromatic carbocycles. The molecule has 35 heavy (non-hydrogen) atoms. The SMILES string of the molecule is CCCCCCCCCCC(C(=O)N(C)OC)n1c(CCC)nc2c(N)nc3ccccc3c21.Cl. The fraction of sp³-hybridized carbons (Fsp3) is 0.593. The molecule has 194 valence electrons. The number of unbranched alkanes of at least 4 members (excludes halogenated alkanes) is 7. The molecule has 0 aliphatic heterocycles. The minimum Gasteiger partial charge on any atom is -0.382 e. The molecule has 2 N–H and O–H groups in total. The van der Waals surface area contributed by atoms with E-state index < -0.39 is 6.04 Å². The average Bonchev–Trinajstić information content (AvgIpc) is 3.22. The molecule has 1 amide bonds. The van der Waals surface area contributed by atoms with Gasteiger partial charge in [-0.1, -0.05) is 83.4 Å². The molecule has 3 aromatic rings. The van der Waals surface area contributed by atoms with Crippen molar-refractivity contribution in [2.75, 3.05) is 19.9 Å². The molecule has 7 nitrogen and oxygen atoms in total. The van der Waals surface area contributed by atoms with Crippen LogP contribution in [0.5, 0.6) is 0 Å². The lowest BCUT2D eigenvalue weighted by atomic mass is 10.0. The Morgan fingerprint density at radius 1 is 1.03 bits per heavy atom. The van der Waals surface area contributed by atoms with Crippen molar-refractivity contribution in [3.8, 4) is 0 Å². The normalized spacial score (nSPS) is 12.1. The minimum absolute atomic E-state index is 0. The standard InChI is InChI=1S/C27H41N5O2.ClH/c1-5-7-8-9-10-11-12-13-19-22(27(33)31(3)34-4)32-23(16-6-2)30-24-25(32)20-17-14-15-18-21(20)29-26(24)28;/h14-15,17-18,22H,5-13,16,19H2,1-4H3,(H2,28,29);1H. The van der Waals surface area contributed by atoms with Crippen molar-refractivity contribution in [2.45, 2.75) is 90.5 Å². The van der Waals surface area contributed by atoms with Crippen molar-refractivity contribution in [1.82, 2.24) is 19.6 Å². The Bertz CT molecular complexity index is 1080. The lowest BCUT2D eigenvalue weighted by molar-refractivity contribution is -0.172. The van der Waals surface area contributed by atoms with Crippen LogP contribution in [-0.2, 0) is 16.1 Å². The van der Waals surface area contributed by atoms with E-state index in [1.54, 1.807) is 7.05 Å². The fourth-order valence-electron chi connectivity index (χ4n) is 4.74. The van der Waals surface area contributed by atoms with Crippen molar-refractivity contribution < 1.29 is 9.63 Å². The second-order valence-corrected chi connectivity index (χ2v) is 9.16. The van der Waals surface area contributed by atoms with E-state index in [2.05, 4.69) is 23.4 Å². The number of carbonyl (C=O) groups is 1. The van der Waals surface area contributed by atoms with Gasteiger partial charge in [0, 0.05) is 18.9 Å². The van der Waals surface area contributed by atoms with Crippen LogP contribution in [0.2, 0.25) is 0 Å². The predicted octanol–water partition coefficient (Wildman–Crippen LogP) is 6.63. The van der Waals surface area contributed by atoms with Crippen molar-refractivity contribution >= 4 is 46.1 Å². The third-order valence-corrected chi connectivity index (χ3v) is 6.61. The topological polar surface area (TPSA) is 86.3 Å². The number of rotatable bonds is 14. The van der Waals surface area contributed by atoms with E-state index in [1.807, 2.05) is 24.3 Å². The lowest BCUT2D eigenvalue weighted by Gasteiger charge is -2.25. The number of halogens is 1. The van der Waals surface area contributed by atoms with E-state index in [-0.39, 0.29) is 18.3 Å². The van der Waals surface area contributed by atoms with E-state index in [9.17, 15) is 4.79 Å².